The Morgan fingerprint density at radius 1 is 1.61 bits per heavy atom. The number of amides is 1. The van der Waals surface area contributed by atoms with Gasteiger partial charge in [0.2, 0.25) is 0 Å². The lowest BCUT2D eigenvalue weighted by Gasteiger charge is -2.20. The molecule has 0 bridgehead atoms. The van der Waals surface area contributed by atoms with Gasteiger partial charge in [0.1, 0.15) is 5.69 Å². The summed E-state index contributed by atoms with van der Waals surface area (Å²) < 4.78 is 0. The molecule has 18 heavy (non-hydrogen) atoms. The molecule has 0 N–H and O–H groups in total. The molecule has 0 radical (unpaired) electrons. The number of likely N-dealkylation sites (tertiary alicyclic amines) is 1. The van der Waals surface area contributed by atoms with Crippen molar-refractivity contribution in [1.82, 2.24) is 14.8 Å². The van der Waals surface area contributed by atoms with Crippen molar-refractivity contribution >= 4 is 5.91 Å². The summed E-state index contributed by atoms with van der Waals surface area (Å²) in [6, 6.07) is 4.41. The Morgan fingerprint density at radius 2 is 2.39 bits per heavy atom. The van der Waals surface area contributed by atoms with Gasteiger partial charge < -0.3 is 4.90 Å². The molecule has 0 unspecified atom stereocenters. The van der Waals surface area contributed by atoms with E-state index in [1.165, 1.54) is 12.0 Å². The Balaban J connectivity index is 2.22. The maximum absolute atomic E-state index is 12.1. The molecule has 1 fully saturated rings. The van der Waals surface area contributed by atoms with Crippen molar-refractivity contribution in [3.63, 3.8) is 0 Å². The largest absolute Gasteiger partial charge is 0.341 e. The fourth-order valence-corrected chi connectivity index (χ4v) is 2.44. The lowest BCUT2D eigenvalue weighted by Crippen LogP contribution is -2.27. The second kappa shape index (κ2) is 5.48. The molecule has 4 nitrogen and oxygen atoms in total. The summed E-state index contributed by atoms with van der Waals surface area (Å²) >= 11 is 0. The highest BCUT2D eigenvalue weighted by Crippen LogP contribution is 2.30. The fraction of sp³-hybridized carbons (Fsp3) is 0.571. The van der Waals surface area contributed by atoms with Gasteiger partial charge in [-0.25, -0.2) is 0 Å². The summed E-state index contributed by atoms with van der Waals surface area (Å²) in [6.07, 6.45) is 4.14. The first-order valence-electron chi connectivity index (χ1n) is 6.55. The number of rotatable bonds is 3. The quantitative estimate of drug-likeness (QED) is 0.819. The summed E-state index contributed by atoms with van der Waals surface area (Å²) in [5.74, 6) is 0. The number of carbonyl (C=O) groups is 1. The molecule has 1 aromatic heterocycles. The predicted octanol–water partition coefficient (Wildman–Crippen LogP) is 1.94. The Morgan fingerprint density at radius 3 is 3.00 bits per heavy atom. The van der Waals surface area contributed by atoms with E-state index in [0.717, 1.165) is 13.0 Å². The van der Waals surface area contributed by atoms with Crippen LogP contribution in [0.25, 0.3) is 0 Å². The van der Waals surface area contributed by atoms with Gasteiger partial charge in [0.25, 0.3) is 5.91 Å². The molecule has 2 rings (SSSR count). The molecule has 1 amide bonds. The van der Waals surface area contributed by atoms with E-state index in [-0.39, 0.29) is 5.91 Å². The Labute approximate surface area is 109 Å². The molecular formula is C14H21N3O. The molecule has 1 aliphatic rings. The normalized spacial score (nSPS) is 20.1. The zero-order valence-corrected chi connectivity index (χ0v) is 11.4. The van der Waals surface area contributed by atoms with Crippen molar-refractivity contribution in [2.24, 2.45) is 0 Å². The highest BCUT2D eigenvalue weighted by Gasteiger charge is 2.23. The van der Waals surface area contributed by atoms with Crippen molar-refractivity contribution in [2.75, 3.05) is 27.2 Å². The topological polar surface area (TPSA) is 36.4 Å². The van der Waals surface area contributed by atoms with Crippen LogP contribution in [0.4, 0.5) is 0 Å². The molecule has 1 aliphatic heterocycles. The van der Waals surface area contributed by atoms with Gasteiger partial charge in [0.15, 0.2) is 0 Å². The molecule has 1 aromatic rings. The van der Waals surface area contributed by atoms with E-state index >= 15 is 0 Å². The van der Waals surface area contributed by atoms with Crippen molar-refractivity contribution in [2.45, 2.75) is 25.8 Å². The zero-order chi connectivity index (χ0) is 13.1. The van der Waals surface area contributed by atoms with Gasteiger partial charge in [-0.05, 0) is 51.1 Å². The number of aromatic nitrogens is 1. The van der Waals surface area contributed by atoms with E-state index in [2.05, 4.69) is 16.9 Å². The predicted molar refractivity (Wildman–Crippen MR) is 71.5 cm³/mol. The van der Waals surface area contributed by atoms with Gasteiger partial charge in [0.05, 0.1) is 0 Å². The van der Waals surface area contributed by atoms with Crippen LogP contribution in [0.5, 0.6) is 0 Å². The smallest absolute Gasteiger partial charge is 0.272 e. The van der Waals surface area contributed by atoms with Crippen LogP contribution in [0.15, 0.2) is 18.3 Å². The summed E-state index contributed by atoms with van der Waals surface area (Å²) in [5.41, 5.74) is 1.76. The Bertz CT molecular complexity index is 433. The molecule has 0 saturated carbocycles. The van der Waals surface area contributed by atoms with E-state index < -0.39 is 0 Å². The standard InChI is InChI=1S/C14H21N3O/c1-4-16(2)14(18)12-10-11(7-8-15-12)13-6-5-9-17(13)3/h7-8,10,13H,4-6,9H2,1-3H3/t13-/m1/s1. The van der Waals surface area contributed by atoms with Crippen LogP contribution < -0.4 is 0 Å². The minimum atomic E-state index is 0. The van der Waals surface area contributed by atoms with Gasteiger partial charge in [-0.3, -0.25) is 14.7 Å². The van der Waals surface area contributed by atoms with E-state index in [1.54, 1.807) is 18.1 Å². The Kier molecular flexibility index (Phi) is 3.97. The van der Waals surface area contributed by atoms with Gasteiger partial charge >= 0.3 is 0 Å². The van der Waals surface area contributed by atoms with Crippen LogP contribution in [-0.4, -0.2) is 47.9 Å². The second-order valence-corrected chi connectivity index (χ2v) is 4.93. The van der Waals surface area contributed by atoms with Crippen molar-refractivity contribution in [3.05, 3.63) is 29.6 Å². The van der Waals surface area contributed by atoms with E-state index in [4.69, 9.17) is 0 Å². The molecule has 1 saturated heterocycles. The molecule has 1 atom stereocenters. The highest BCUT2D eigenvalue weighted by atomic mass is 16.2. The third-order valence-electron chi connectivity index (χ3n) is 3.73. The second-order valence-electron chi connectivity index (χ2n) is 4.93. The summed E-state index contributed by atoms with van der Waals surface area (Å²) in [6.45, 7) is 3.80. The molecule has 0 aliphatic carbocycles. The fourth-order valence-electron chi connectivity index (χ4n) is 2.44. The minimum Gasteiger partial charge on any atom is -0.341 e. The molecule has 2 heterocycles. The average molecular weight is 247 g/mol. The van der Waals surface area contributed by atoms with Crippen LogP contribution in [0, 0.1) is 0 Å². The van der Waals surface area contributed by atoms with Crippen molar-refractivity contribution in [1.29, 1.82) is 0 Å². The van der Waals surface area contributed by atoms with Gasteiger partial charge in [0, 0.05) is 25.8 Å². The van der Waals surface area contributed by atoms with Crippen LogP contribution in [0.3, 0.4) is 0 Å². The third kappa shape index (κ3) is 2.53. The SMILES string of the molecule is CCN(C)C(=O)c1cc([C@H]2CCCN2C)ccn1. The number of pyridine rings is 1. The number of carbonyl (C=O) groups excluding carboxylic acids is 1. The van der Waals surface area contributed by atoms with E-state index in [9.17, 15) is 4.79 Å². The first kappa shape index (κ1) is 13.0. The van der Waals surface area contributed by atoms with Crippen LogP contribution in [0.1, 0.15) is 41.9 Å². The van der Waals surface area contributed by atoms with Crippen molar-refractivity contribution in [3.8, 4) is 0 Å². The van der Waals surface area contributed by atoms with Crippen molar-refractivity contribution < 1.29 is 4.79 Å². The lowest BCUT2D eigenvalue weighted by molar-refractivity contribution is 0.0796. The van der Waals surface area contributed by atoms with Crippen LogP contribution >= 0.6 is 0 Å². The first-order chi connectivity index (χ1) is 8.63. The monoisotopic (exact) mass is 247 g/mol. The highest BCUT2D eigenvalue weighted by molar-refractivity contribution is 5.92. The summed E-state index contributed by atoms with van der Waals surface area (Å²) in [4.78, 5) is 20.3. The maximum atomic E-state index is 12.1. The molecule has 0 spiro atoms. The molecular weight excluding hydrogens is 226 g/mol. The molecule has 0 aromatic carbocycles. The zero-order valence-electron chi connectivity index (χ0n) is 11.4. The van der Waals surface area contributed by atoms with Crippen LogP contribution in [-0.2, 0) is 0 Å². The maximum Gasteiger partial charge on any atom is 0.272 e. The van der Waals surface area contributed by atoms with E-state index in [1.807, 2.05) is 19.1 Å². The number of hydrogen-bond donors (Lipinski definition) is 0. The van der Waals surface area contributed by atoms with Gasteiger partial charge in [-0.15, -0.1) is 0 Å². The summed E-state index contributed by atoms with van der Waals surface area (Å²) in [7, 11) is 3.94. The average Bonchev–Trinajstić information content (AvgIpc) is 2.83. The van der Waals surface area contributed by atoms with Gasteiger partial charge in [-0.2, -0.15) is 0 Å². The lowest BCUT2D eigenvalue weighted by atomic mass is 10.0. The number of hydrogen-bond acceptors (Lipinski definition) is 3. The van der Waals surface area contributed by atoms with E-state index in [0.29, 0.717) is 18.3 Å². The summed E-state index contributed by atoms with van der Waals surface area (Å²) in [5, 5.41) is 0. The Hall–Kier alpha value is -1.42. The number of nitrogens with zero attached hydrogens (tertiary/aromatic N) is 3. The van der Waals surface area contributed by atoms with Gasteiger partial charge in [-0.1, -0.05) is 0 Å². The van der Waals surface area contributed by atoms with Crippen LogP contribution in [0.2, 0.25) is 0 Å². The third-order valence-corrected chi connectivity index (χ3v) is 3.73. The molecule has 98 valence electrons. The minimum absolute atomic E-state index is 0. The molecule has 4 heteroatoms. The first-order valence-corrected chi connectivity index (χ1v) is 6.55.